The average molecular weight is 255 g/mol. The Morgan fingerprint density at radius 3 is 2.84 bits per heavy atom. The number of benzene rings is 1. The summed E-state index contributed by atoms with van der Waals surface area (Å²) in [6.45, 7) is 0. The van der Waals surface area contributed by atoms with Gasteiger partial charge in [-0.25, -0.2) is 4.68 Å². The number of ether oxygens (including phenoxy) is 1. The quantitative estimate of drug-likeness (QED) is 0.834. The molecule has 2 aromatic rings. The minimum atomic E-state index is -0.250. The number of aryl methyl sites for hydroxylation is 1. The molecule has 0 aliphatic carbocycles. The lowest BCUT2D eigenvalue weighted by molar-refractivity contribution is 0.416. The van der Waals surface area contributed by atoms with Gasteiger partial charge in [0.15, 0.2) is 0 Å². The Morgan fingerprint density at radius 1 is 1.42 bits per heavy atom. The molecular formula is C14H13N3O2. The van der Waals surface area contributed by atoms with Crippen molar-refractivity contribution in [3.05, 3.63) is 46.2 Å². The summed E-state index contributed by atoms with van der Waals surface area (Å²) in [5.41, 5.74) is 1.59. The van der Waals surface area contributed by atoms with Crippen molar-refractivity contribution < 1.29 is 4.74 Å². The zero-order chi connectivity index (χ0) is 13.8. The highest BCUT2D eigenvalue weighted by Crippen LogP contribution is 2.27. The minimum absolute atomic E-state index is 0.0668. The van der Waals surface area contributed by atoms with Crippen molar-refractivity contribution in [3.63, 3.8) is 0 Å². The molecule has 19 heavy (non-hydrogen) atoms. The van der Waals surface area contributed by atoms with Crippen LogP contribution in [0.3, 0.4) is 0 Å². The molecule has 5 heteroatoms. The summed E-state index contributed by atoms with van der Waals surface area (Å²) < 4.78 is 6.52. The van der Waals surface area contributed by atoms with Gasteiger partial charge in [-0.1, -0.05) is 12.1 Å². The normalized spacial score (nSPS) is 9.95. The van der Waals surface area contributed by atoms with Crippen LogP contribution >= 0.6 is 0 Å². The second-order valence-corrected chi connectivity index (χ2v) is 4.02. The maximum Gasteiger partial charge on any atom is 0.270 e. The Labute approximate surface area is 110 Å². The van der Waals surface area contributed by atoms with E-state index < -0.39 is 0 Å². The fourth-order valence-electron chi connectivity index (χ4n) is 1.87. The maximum absolute atomic E-state index is 11.8. The van der Waals surface area contributed by atoms with Crippen LogP contribution in [0.2, 0.25) is 0 Å². The monoisotopic (exact) mass is 255 g/mol. The summed E-state index contributed by atoms with van der Waals surface area (Å²) in [5, 5.41) is 13.0. The van der Waals surface area contributed by atoms with Crippen LogP contribution in [0.5, 0.6) is 5.75 Å². The summed E-state index contributed by atoms with van der Waals surface area (Å²) in [7, 11) is 3.15. The van der Waals surface area contributed by atoms with E-state index in [2.05, 4.69) is 5.10 Å². The topological polar surface area (TPSA) is 67.9 Å². The van der Waals surface area contributed by atoms with E-state index in [1.807, 2.05) is 30.3 Å². The summed E-state index contributed by atoms with van der Waals surface area (Å²) >= 11 is 0. The van der Waals surface area contributed by atoms with E-state index in [1.54, 1.807) is 20.2 Å². The van der Waals surface area contributed by atoms with Gasteiger partial charge in [-0.05, 0) is 18.2 Å². The van der Waals surface area contributed by atoms with Crippen LogP contribution in [0.1, 0.15) is 5.56 Å². The highest BCUT2D eigenvalue weighted by atomic mass is 16.5. The average Bonchev–Trinajstić information content (AvgIpc) is 2.43. The molecule has 0 aliphatic heterocycles. The van der Waals surface area contributed by atoms with Gasteiger partial charge in [0.1, 0.15) is 5.75 Å². The van der Waals surface area contributed by atoms with Gasteiger partial charge in [0.2, 0.25) is 0 Å². The van der Waals surface area contributed by atoms with E-state index in [-0.39, 0.29) is 12.0 Å². The Hall–Kier alpha value is -2.61. The van der Waals surface area contributed by atoms with Crippen molar-refractivity contribution in [3.8, 4) is 23.1 Å². The third kappa shape index (κ3) is 2.47. The van der Waals surface area contributed by atoms with Crippen molar-refractivity contribution in [2.75, 3.05) is 7.11 Å². The molecule has 2 rings (SSSR count). The highest BCUT2D eigenvalue weighted by molar-refractivity contribution is 5.67. The number of hydrogen-bond donors (Lipinski definition) is 0. The molecule has 96 valence electrons. The standard InChI is InChI=1S/C14H13N3O2/c1-17-14(18)10(7-8-15)9-12(16-17)11-5-3-4-6-13(11)19-2/h3-6,9H,7H2,1-2H3. The number of methoxy groups -OCH3 is 1. The molecule has 0 saturated carbocycles. The predicted octanol–water partition coefficient (Wildman–Crippen LogP) is 1.52. The molecular weight excluding hydrogens is 242 g/mol. The first-order valence-electron chi connectivity index (χ1n) is 5.75. The lowest BCUT2D eigenvalue weighted by Crippen LogP contribution is -2.23. The SMILES string of the molecule is COc1ccccc1-c1cc(CC#N)c(=O)n(C)n1. The number of nitrogens with zero attached hydrogens (tertiary/aromatic N) is 3. The molecule has 0 radical (unpaired) electrons. The molecule has 0 N–H and O–H groups in total. The van der Waals surface area contributed by atoms with E-state index in [0.717, 1.165) is 5.56 Å². The smallest absolute Gasteiger partial charge is 0.270 e. The fraction of sp³-hybridized carbons (Fsp3) is 0.214. The zero-order valence-electron chi connectivity index (χ0n) is 10.8. The first kappa shape index (κ1) is 12.8. The molecule has 0 aliphatic rings. The maximum atomic E-state index is 11.8. The van der Waals surface area contributed by atoms with Crippen LogP contribution in [-0.2, 0) is 13.5 Å². The molecule has 0 spiro atoms. The second-order valence-electron chi connectivity index (χ2n) is 4.02. The summed E-state index contributed by atoms with van der Waals surface area (Å²) in [5.74, 6) is 0.677. The number of hydrogen-bond acceptors (Lipinski definition) is 4. The number of nitriles is 1. The van der Waals surface area contributed by atoms with E-state index >= 15 is 0 Å². The van der Waals surface area contributed by atoms with Gasteiger partial charge in [-0.2, -0.15) is 10.4 Å². The number of rotatable bonds is 3. The van der Waals surface area contributed by atoms with Crippen LogP contribution in [0.15, 0.2) is 35.1 Å². The van der Waals surface area contributed by atoms with Crippen LogP contribution in [0.25, 0.3) is 11.3 Å². The van der Waals surface area contributed by atoms with E-state index in [1.165, 1.54) is 4.68 Å². The molecule has 0 bridgehead atoms. The molecule has 0 unspecified atom stereocenters. The molecule has 0 amide bonds. The summed E-state index contributed by atoms with van der Waals surface area (Å²) in [4.78, 5) is 11.8. The lowest BCUT2D eigenvalue weighted by atomic mass is 10.1. The van der Waals surface area contributed by atoms with E-state index in [9.17, 15) is 4.79 Å². The largest absolute Gasteiger partial charge is 0.496 e. The van der Waals surface area contributed by atoms with Crippen molar-refractivity contribution in [1.82, 2.24) is 9.78 Å². The summed E-state index contributed by atoms with van der Waals surface area (Å²) in [6, 6.07) is 11.0. The molecule has 1 aromatic heterocycles. The third-order valence-electron chi connectivity index (χ3n) is 2.79. The van der Waals surface area contributed by atoms with Crippen molar-refractivity contribution in [1.29, 1.82) is 5.26 Å². The molecule has 1 aromatic carbocycles. The first-order chi connectivity index (χ1) is 9.17. The van der Waals surface area contributed by atoms with Gasteiger partial charge < -0.3 is 4.74 Å². The van der Waals surface area contributed by atoms with Gasteiger partial charge >= 0.3 is 0 Å². The fourth-order valence-corrected chi connectivity index (χ4v) is 1.87. The van der Waals surface area contributed by atoms with Crippen LogP contribution in [-0.4, -0.2) is 16.9 Å². The predicted molar refractivity (Wildman–Crippen MR) is 70.8 cm³/mol. The van der Waals surface area contributed by atoms with Gasteiger partial charge in [0.25, 0.3) is 5.56 Å². The van der Waals surface area contributed by atoms with Crippen LogP contribution in [0, 0.1) is 11.3 Å². The molecule has 0 fully saturated rings. The Bertz CT molecular complexity index is 699. The Morgan fingerprint density at radius 2 is 2.16 bits per heavy atom. The molecule has 0 saturated heterocycles. The first-order valence-corrected chi connectivity index (χ1v) is 5.75. The third-order valence-corrected chi connectivity index (χ3v) is 2.79. The van der Waals surface area contributed by atoms with Gasteiger partial charge in [-0.15, -0.1) is 0 Å². The lowest BCUT2D eigenvalue weighted by Gasteiger charge is -2.09. The molecule has 1 heterocycles. The Kier molecular flexibility index (Phi) is 3.62. The Balaban J connectivity index is 2.63. The summed E-state index contributed by atoms with van der Waals surface area (Å²) in [6.07, 6.45) is 0.0668. The molecule has 0 atom stereocenters. The number of aromatic nitrogens is 2. The van der Waals surface area contributed by atoms with Crippen molar-refractivity contribution in [2.24, 2.45) is 7.05 Å². The van der Waals surface area contributed by atoms with Gasteiger partial charge in [-0.3, -0.25) is 4.79 Å². The van der Waals surface area contributed by atoms with Gasteiger partial charge in [0.05, 0.1) is 25.3 Å². The van der Waals surface area contributed by atoms with E-state index in [4.69, 9.17) is 10.00 Å². The highest BCUT2D eigenvalue weighted by Gasteiger charge is 2.11. The van der Waals surface area contributed by atoms with Crippen molar-refractivity contribution >= 4 is 0 Å². The molecule has 5 nitrogen and oxygen atoms in total. The van der Waals surface area contributed by atoms with Crippen LogP contribution in [0.4, 0.5) is 0 Å². The second kappa shape index (κ2) is 5.36. The zero-order valence-corrected chi connectivity index (χ0v) is 10.8. The minimum Gasteiger partial charge on any atom is -0.496 e. The van der Waals surface area contributed by atoms with Gasteiger partial charge in [0, 0.05) is 18.2 Å². The van der Waals surface area contributed by atoms with E-state index in [0.29, 0.717) is 17.0 Å². The van der Waals surface area contributed by atoms with Crippen molar-refractivity contribution in [2.45, 2.75) is 6.42 Å². The number of para-hydroxylation sites is 1. The van der Waals surface area contributed by atoms with Crippen LogP contribution < -0.4 is 10.3 Å².